The molecule has 1 aliphatic heterocycles. The molecule has 20 heavy (non-hydrogen) atoms. The van der Waals surface area contributed by atoms with Gasteiger partial charge in [0, 0.05) is 43.3 Å². The number of carbonyl (C=O) groups is 1. The van der Waals surface area contributed by atoms with Crippen molar-refractivity contribution in [3.8, 4) is 0 Å². The summed E-state index contributed by atoms with van der Waals surface area (Å²) in [6.45, 7) is 6.79. The Kier molecular flexibility index (Phi) is 5.05. The van der Waals surface area contributed by atoms with Crippen molar-refractivity contribution >= 4 is 27.5 Å². The van der Waals surface area contributed by atoms with E-state index in [1.165, 1.54) is 0 Å². The van der Waals surface area contributed by atoms with E-state index in [9.17, 15) is 9.90 Å². The molecule has 1 unspecified atom stereocenters. The van der Waals surface area contributed by atoms with E-state index in [4.69, 9.17) is 0 Å². The first-order valence-corrected chi connectivity index (χ1v) is 7.76. The molecule has 1 saturated heterocycles. The van der Waals surface area contributed by atoms with Gasteiger partial charge in [-0.25, -0.2) is 0 Å². The van der Waals surface area contributed by atoms with E-state index in [2.05, 4.69) is 20.8 Å². The number of nitrogens with zero attached hydrogens (tertiary/aromatic N) is 2. The lowest BCUT2D eigenvalue weighted by Crippen LogP contribution is -2.33. The number of benzene rings is 1. The van der Waals surface area contributed by atoms with Gasteiger partial charge in [-0.3, -0.25) is 4.79 Å². The van der Waals surface area contributed by atoms with Crippen molar-refractivity contribution in [2.24, 2.45) is 0 Å². The van der Waals surface area contributed by atoms with Crippen molar-refractivity contribution in [1.29, 1.82) is 0 Å². The van der Waals surface area contributed by atoms with Crippen LogP contribution >= 0.6 is 15.9 Å². The maximum atomic E-state index is 11.4. The van der Waals surface area contributed by atoms with E-state index in [1.54, 1.807) is 13.8 Å². The van der Waals surface area contributed by atoms with Crippen molar-refractivity contribution in [3.63, 3.8) is 0 Å². The van der Waals surface area contributed by atoms with Gasteiger partial charge in [0.1, 0.15) is 0 Å². The second kappa shape index (κ2) is 6.59. The lowest BCUT2D eigenvalue weighted by Gasteiger charge is -2.24. The first-order valence-electron chi connectivity index (χ1n) is 6.97. The summed E-state index contributed by atoms with van der Waals surface area (Å²) in [5, 5.41) is 9.66. The molecular formula is C15H21BrN2O2. The molecule has 1 heterocycles. The smallest absolute Gasteiger partial charge is 0.219 e. The minimum Gasteiger partial charge on any atom is -0.389 e. The van der Waals surface area contributed by atoms with Crippen LogP contribution in [0, 0.1) is 0 Å². The van der Waals surface area contributed by atoms with Gasteiger partial charge in [-0.1, -0.05) is 22.0 Å². The highest BCUT2D eigenvalue weighted by atomic mass is 79.9. The molecule has 1 atom stereocenters. The first kappa shape index (κ1) is 15.3. The van der Waals surface area contributed by atoms with Gasteiger partial charge >= 0.3 is 0 Å². The summed E-state index contributed by atoms with van der Waals surface area (Å²) >= 11 is 3.52. The van der Waals surface area contributed by atoms with Crippen LogP contribution in [0.25, 0.3) is 0 Å². The molecule has 0 aromatic heterocycles. The Morgan fingerprint density at radius 3 is 2.65 bits per heavy atom. The highest BCUT2D eigenvalue weighted by molar-refractivity contribution is 9.10. The van der Waals surface area contributed by atoms with Gasteiger partial charge in [-0.2, -0.15) is 0 Å². The number of aliphatic hydroxyl groups is 1. The molecule has 1 fully saturated rings. The van der Waals surface area contributed by atoms with Crippen LogP contribution in [0.2, 0.25) is 0 Å². The zero-order chi connectivity index (χ0) is 14.7. The average Bonchev–Trinajstić information content (AvgIpc) is 2.63. The van der Waals surface area contributed by atoms with E-state index in [0.29, 0.717) is 0 Å². The summed E-state index contributed by atoms with van der Waals surface area (Å²) in [7, 11) is 0. The van der Waals surface area contributed by atoms with Gasteiger partial charge in [0.2, 0.25) is 5.91 Å². The van der Waals surface area contributed by atoms with Gasteiger partial charge in [0.15, 0.2) is 0 Å². The van der Waals surface area contributed by atoms with Gasteiger partial charge < -0.3 is 14.9 Å². The van der Waals surface area contributed by atoms with E-state index < -0.39 is 6.10 Å². The third kappa shape index (κ3) is 3.52. The van der Waals surface area contributed by atoms with Crippen LogP contribution in [0.5, 0.6) is 0 Å². The number of aliphatic hydroxyl groups excluding tert-OH is 1. The fourth-order valence-electron chi connectivity index (χ4n) is 2.54. The summed E-state index contributed by atoms with van der Waals surface area (Å²) < 4.78 is 0.928. The zero-order valence-electron chi connectivity index (χ0n) is 12.0. The average molecular weight is 341 g/mol. The Labute approximate surface area is 128 Å². The molecule has 5 heteroatoms. The Hall–Kier alpha value is -1.07. The lowest BCUT2D eigenvalue weighted by atomic mass is 10.1. The van der Waals surface area contributed by atoms with Crippen LogP contribution in [0.4, 0.5) is 5.69 Å². The molecule has 1 aromatic rings. The summed E-state index contributed by atoms with van der Waals surface area (Å²) in [5.74, 6) is 0.150. The Bertz CT molecular complexity index is 491. The predicted octanol–water partition coefficient (Wildman–Crippen LogP) is 2.56. The summed E-state index contributed by atoms with van der Waals surface area (Å²) in [6.07, 6.45) is 0.505. The molecule has 4 nitrogen and oxygen atoms in total. The topological polar surface area (TPSA) is 43.8 Å². The van der Waals surface area contributed by atoms with Gasteiger partial charge in [0.25, 0.3) is 0 Å². The third-order valence-corrected chi connectivity index (χ3v) is 4.43. The summed E-state index contributed by atoms with van der Waals surface area (Å²) in [5.41, 5.74) is 2.03. The molecule has 2 rings (SSSR count). The quantitative estimate of drug-likeness (QED) is 0.899. The SMILES string of the molecule is CC(=O)N1CCCN(c2ccc(C(C)O)c(Br)c2)CC1. The maximum Gasteiger partial charge on any atom is 0.219 e. The van der Waals surface area contributed by atoms with Crippen LogP contribution < -0.4 is 4.90 Å². The van der Waals surface area contributed by atoms with Gasteiger partial charge in [-0.05, 0) is 31.0 Å². The maximum absolute atomic E-state index is 11.4. The van der Waals surface area contributed by atoms with Crippen molar-refractivity contribution in [2.75, 3.05) is 31.1 Å². The third-order valence-electron chi connectivity index (χ3n) is 3.74. The standard InChI is InChI=1S/C15H21BrN2O2/c1-11(19)14-5-4-13(10-15(14)16)18-7-3-6-17(8-9-18)12(2)20/h4-5,10-11,19H,3,6-9H2,1-2H3. The van der Waals surface area contributed by atoms with E-state index in [0.717, 1.165) is 48.3 Å². The number of rotatable bonds is 2. The summed E-state index contributed by atoms with van der Waals surface area (Å²) in [4.78, 5) is 15.6. The molecule has 110 valence electrons. The predicted molar refractivity (Wildman–Crippen MR) is 83.9 cm³/mol. The minimum atomic E-state index is -0.476. The van der Waals surface area contributed by atoms with Crippen LogP contribution in [0.1, 0.15) is 31.9 Å². The van der Waals surface area contributed by atoms with Gasteiger partial charge in [0.05, 0.1) is 6.10 Å². The molecule has 1 aliphatic rings. The van der Waals surface area contributed by atoms with E-state index in [-0.39, 0.29) is 5.91 Å². The first-order chi connectivity index (χ1) is 9.49. The fraction of sp³-hybridized carbons (Fsp3) is 0.533. The van der Waals surface area contributed by atoms with E-state index >= 15 is 0 Å². The Balaban J connectivity index is 2.12. The number of amides is 1. The molecular weight excluding hydrogens is 320 g/mol. The van der Waals surface area contributed by atoms with E-state index in [1.807, 2.05) is 23.1 Å². The van der Waals surface area contributed by atoms with Crippen molar-refractivity contribution in [1.82, 2.24) is 4.90 Å². The van der Waals surface area contributed by atoms with Crippen LogP contribution in [-0.4, -0.2) is 42.1 Å². The number of hydrogen-bond donors (Lipinski definition) is 1. The molecule has 0 spiro atoms. The molecule has 1 amide bonds. The second-order valence-corrected chi connectivity index (χ2v) is 6.08. The molecule has 0 aliphatic carbocycles. The number of anilines is 1. The second-order valence-electron chi connectivity index (χ2n) is 5.23. The Morgan fingerprint density at radius 2 is 2.05 bits per heavy atom. The van der Waals surface area contributed by atoms with Crippen molar-refractivity contribution < 1.29 is 9.90 Å². The number of carbonyl (C=O) groups excluding carboxylic acids is 1. The van der Waals surface area contributed by atoms with Crippen molar-refractivity contribution in [2.45, 2.75) is 26.4 Å². The largest absolute Gasteiger partial charge is 0.389 e. The molecule has 1 N–H and O–H groups in total. The van der Waals surface area contributed by atoms with Crippen LogP contribution in [0.15, 0.2) is 22.7 Å². The highest BCUT2D eigenvalue weighted by Gasteiger charge is 2.17. The van der Waals surface area contributed by atoms with Crippen LogP contribution in [-0.2, 0) is 4.79 Å². The fourth-order valence-corrected chi connectivity index (χ4v) is 3.24. The van der Waals surface area contributed by atoms with Gasteiger partial charge in [-0.15, -0.1) is 0 Å². The molecule has 0 bridgehead atoms. The van der Waals surface area contributed by atoms with Crippen LogP contribution in [0.3, 0.4) is 0 Å². The molecule has 0 radical (unpaired) electrons. The Morgan fingerprint density at radius 1 is 1.30 bits per heavy atom. The zero-order valence-corrected chi connectivity index (χ0v) is 13.6. The molecule has 0 saturated carbocycles. The lowest BCUT2D eigenvalue weighted by molar-refractivity contribution is -0.128. The number of halogens is 1. The molecule has 1 aromatic carbocycles. The minimum absolute atomic E-state index is 0.150. The normalized spacial score (nSPS) is 17.8. The number of hydrogen-bond acceptors (Lipinski definition) is 3. The summed E-state index contributed by atoms with van der Waals surface area (Å²) in [6, 6.07) is 6.04. The highest BCUT2D eigenvalue weighted by Crippen LogP contribution is 2.28. The van der Waals surface area contributed by atoms with Crippen molar-refractivity contribution in [3.05, 3.63) is 28.2 Å². The monoisotopic (exact) mass is 340 g/mol.